The molecule has 2 saturated heterocycles. The summed E-state index contributed by atoms with van der Waals surface area (Å²) in [5.41, 5.74) is 0.626. The van der Waals surface area contributed by atoms with Crippen LogP contribution in [0.5, 0.6) is 5.88 Å². The number of anilines is 1. The largest absolute Gasteiger partial charge is 0.472 e. The summed E-state index contributed by atoms with van der Waals surface area (Å²) in [4.78, 5) is 38.4. The lowest BCUT2D eigenvalue weighted by molar-refractivity contribution is -0.130. The highest BCUT2D eigenvalue weighted by atomic mass is 19.1. The second kappa shape index (κ2) is 8.02. The van der Waals surface area contributed by atoms with E-state index >= 15 is 0 Å². The molecule has 4 rings (SSSR count). The van der Waals surface area contributed by atoms with Crippen LogP contribution in [0.25, 0.3) is 0 Å². The number of aromatic nitrogens is 2. The van der Waals surface area contributed by atoms with Crippen LogP contribution in [-0.2, 0) is 4.79 Å². The Labute approximate surface area is 167 Å². The minimum absolute atomic E-state index is 0.0237. The molecule has 2 aliphatic rings. The van der Waals surface area contributed by atoms with Crippen LogP contribution in [0.1, 0.15) is 12.2 Å². The number of ether oxygens (including phenoxy) is 1. The molecule has 1 aromatic carbocycles. The molecule has 3 amide bonds. The first kappa shape index (κ1) is 19.1. The highest BCUT2D eigenvalue weighted by molar-refractivity contribution is 5.96. The van der Waals surface area contributed by atoms with Crippen LogP contribution in [0.15, 0.2) is 36.5 Å². The van der Waals surface area contributed by atoms with Crippen molar-refractivity contribution in [1.29, 1.82) is 0 Å². The monoisotopic (exact) mass is 399 g/mol. The summed E-state index contributed by atoms with van der Waals surface area (Å²) in [5.74, 6) is 0.674. The number of urea groups is 1. The van der Waals surface area contributed by atoms with E-state index in [4.69, 9.17) is 4.74 Å². The second-order valence-electron chi connectivity index (χ2n) is 7.14. The van der Waals surface area contributed by atoms with E-state index in [1.807, 2.05) is 0 Å². The number of carbonyl (C=O) groups is 2. The molecule has 0 spiro atoms. The van der Waals surface area contributed by atoms with E-state index in [0.29, 0.717) is 50.0 Å². The van der Waals surface area contributed by atoms with Crippen molar-refractivity contribution in [2.75, 3.05) is 37.6 Å². The fourth-order valence-electron chi connectivity index (χ4n) is 3.58. The minimum Gasteiger partial charge on any atom is -0.472 e. The van der Waals surface area contributed by atoms with Gasteiger partial charge in [-0.15, -0.1) is 0 Å². The zero-order valence-electron chi connectivity index (χ0n) is 16.1. The van der Waals surface area contributed by atoms with Gasteiger partial charge in [-0.1, -0.05) is 0 Å². The maximum atomic E-state index is 13.1. The fraction of sp³-hybridized carbons (Fsp3) is 0.400. The van der Waals surface area contributed by atoms with Gasteiger partial charge in [0.05, 0.1) is 6.54 Å². The summed E-state index contributed by atoms with van der Waals surface area (Å²) in [7, 11) is 0. The summed E-state index contributed by atoms with van der Waals surface area (Å²) >= 11 is 0. The lowest BCUT2D eigenvalue weighted by atomic mass is 10.3. The molecule has 0 bridgehead atoms. The SMILES string of the molecule is Cc1nccc(O[C@@H]2CCN(C(=O)CN3CCN(c4ccc(F)cc4)C3=O)C2)n1. The van der Waals surface area contributed by atoms with Gasteiger partial charge in [-0.25, -0.2) is 14.2 Å². The predicted molar refractivity (Wildman–Crippen MR) is 103 cm³/mol. The molecule has 1 aromatic heterocycles. The molecular weight excluding hydrogens is 377 g/mol. The third kappa shape index (κ3) is 4.28. The Morgan fingerprint density at radius 1 is 1.21 bits per heavy atom. The summed E-state index contributed by atoms with van der Waals surface area (Å²) in [6.45, 7) is 3.78. The number of aryl methyl sites for hydroxylation is 1. The van der Waals surface area contributed by atoms with Crippen molar-refractivity contribution in [1.82, 2.24) is 19.8 Å². The van der Waals surface area contributed by atoms with Gasteiger partial charge in [-0.05, 0) is 31.2 Å². The molecule has 2 fully saturated rings. The van der Waals surface area contributed by atoms with E-state index in [1.165, 1.54) is 17.0 Å². The molecule has 0 aliphatic carbocycles. The highest BCUT2D eigenvalue weighted by Crippen LogP contribution is 2.21. The standard InChI is InChI=1S/C20H22FN5O3/c1-14-22-8-6-18(23-14)29-17-7-9-24(12-17)19(27)13-25-10-11-26(20(25)28)16-4-2-15(21)3-5-16/h2-6,8,17H,7,9-13H2,1H3/t17-/m1/s1. The number of halogens is 1. The first-order valence-electron chi connectivity index (χ1n) is 9.56. The van der Waals surface area contributed by atoms with Crippen molar-refractivity contribution in [2.24, 2.45) is 0 Å². The van der Waals surface area contributed by atoms with E-state index in [0.717, 1.165) is 0 Å². The molecule has 9 heteroatoms. The highest BCUT2D eigenvalue weighted by Gasteiger charge is 2.34. The lowest BCUT2D eigenvalue weighted by Crippen LogP contribution is -2.42. The number of amides is 3. The number of carbonyl (C=O) groups excluding carboxylic acids is 2. The van der Waals surface area contributed by atoms with E-state index in [9.17, 15) is 14.0 Å². The average molecular weight is 399 g/mol. The van der Waals surface area contributed by atoms with Crippen molar-refractivity contribution < 1.29 is 18.7 Å². The topological polar surface area (TPSA) is 78.9 Å². The molecule has 29 heavy (non-hydrogen) atoms. The van der Waals surface area contributed by atoms with Crippen LogP contribution in [0, 0.1) is 12.7 Å². The fourth-order valence-corrected chi connectivity index (χ4v) is 3.58. The maximum Gasteiger partial charge on any atom is 0.325 e. The number of nitrogens with zero attached hydrogens (tertiary/aromatic N) is 5. The van der Waals surface area contributed by atoms with Gasteiger partial charge in [-0.2, -0.15) is 4.98 Å². The Morgan fingerprint density at radius 2 is 2.00 bits per heavy atom. The van der Waals surface area contributed by atoms with E-state index in [2.05, 4.69) is 9.97 Å². The van der Waals surface area contributed by atoms with Gasteiger partial charge in [0, 0.05) is 44.0 Å². The van der Waals surface area contributed by atoms with Gasteiger partial charge in [0.15, 0.2) is 0 Å². The average Bonchev–Trinajstić information content (AvgIpc) is 3.30. The van der Waals surface area contributed by atoms with Crippen LogP contribution in [0.2, 0.25) is 0 Å². The zero-order chi connectivity index (χ0) is 20.4. The van der Waals surface area contributed by atoms with Crippen LogP contribution < -0.4 is 9.64 Å². The predicted octanol–water partition coefficient (Wildman–Crippen LogP) is 1.85. The number of hydrogen-bond donors (Lipinski definition) is 0. The first-order chi connectivity index (χ1) is 14.0. The molecule has 152 valence electrons. The van der Waals surface area contributed by atoms with Crippen molar-refractivity contribution >= 4 is 17.6 Å². The Balaban J connectivity index is 1.30. The van der Waals surface area contributed by atoms with Gasteiger partial charge in [0.2, 0.25) is 11.8 Å². The summed E-state index contributed by atoms with van der Waals surface area (Å²) in [6, 6.07) is 7.23. The quantitative estimate of drug-likeness (QED) is 0.767. The van der Waals surface area contributed by atoms with Crippen molar-refractivity contribution in [3.63, 3.8) is 0 Å². The number of likely N-dealkylation sites (tertiary alicyclic amines) is 1. The van der Waals surface area contributed by atoms with Crippen molar-refractivity contribution in [3.05, 3.63) is 48.2 Å². The third-order valence-corrected chi connectivity index (χ3v) is 5.09. The van der Waals surface area contributed by atoms with Crippen LogP contribution in [0.4, 0.5) is 14.9 Å². The molecule has 2 aliphatic heterocycles. The molecule has 0 N–H and O–H groups in total. The lowest BCUT2D eigenvalue weighted by Gasteiger charge is -2.22. The van der Waals surface area contributed by atoms with E-state index in [1.54, 1.807) is 41.1 Å². The molecule has 1 atom stereocenters. The maximum absolute atomic E-state index is 13.1. The molecule has 0 radical (unpaired) electrons. The molecule has 2 aromatic rings. The Bertz CT molecular complexity index is 907. The van der Waals surface area contributed by atoms with Gasteiger partial charge in [0.25, 0.3) is 0 Å². The van der Waals surface area contributed by atoms with Gasteiger partial charge in [0.1, 0.15) is 24.3 Å². The van der Waals surface area contributed by atoms with Crippen molar-refractivity contribution in [2.45, 2.75) is 19.4 Å². The third-order valence-electron chi connectivity index (χ3n) is 5.09. The molecular formula is C20H22FN5O3. The summed E-state index contributed by atoms with van der Waals surface area (Å²) in [6.07, 6.45) is 2.23. The minimum atomic E-state index is -0.352. The zero-order valence-corrected chi connectivity index (χ0v) is 16.1. The van der Waals surface area contributed by atoms with Crippen LogP contribution >= 0.6 is 0 Å². The van der Waals surface area contributed by atoms with E-state index in [-0.39, 0.29) is 30.4 Å². The Hall–Kier alpha value is -3.23. The van der Waals surface area contributed by atoms with Gasteiger partial charge < -0.3 is 14.5 Å². The van der Waals surface area contributed by atoms with E-state index < -0.39 is 0 Å². The smallest absolute Gasteiger partial charge is 0.325 e. The number of rotatable bonds is 5. The number of hydrogen-bond acceptors (Lipinski definition) is 5. The summed E-state index contributed by atoms with van der Waals surface area (Å²) in [5, 5.41) is 0. The van der Waals surface area contributed by atoms with Crippen LogP contribution in [-0.4, -0.2) is 70.5 Å². The second-order valence-corrected chi connectivity index (χ2v) is 7.14. The van der Waals surface area contributed by atoms with Crippen molar-refractivity contribution in [3.8, 4) is 5.88 Å². The summed E-state index contributed by atoms with van der Waals surface area (Å²) < 4.78 is 18.9. The Kier molecular flexibility index (Phi) is 5.28. The number of benzene rings is 1. The van der Waals surface area contributed by atoms with Gasteiger partial charge >= 0.3 is 6.03 Å². The molecule has 0 unspecified atom stereocenters. The molecule has 3 heterocycles. The van der Waals surface area contributed by atoms with Gasteiger partial charge in [-0.3, -0.25) is 9.69 Å². The molecule has 0 saturated carbocycles. The van der Waals surface area contributed by atoms with Crippen LogP contribution in [0.3, 0.4) is 0 Å². The normalized spacial score (nSPS) is 19.2. The molecule has 8 nitrogen and oxygen atoms in total. The first-order valence-corrected chi connectivity index (χ1v) is 9.56. The Morgan fingerprint density at radius 3 is 2.76 bits per heavy atom.